The molecule has 2 amide bonds. The molecule has 0 aromatic heterocycles. The smallest absolute Gasteiger partial charge is 0.217 e. The second kappa shape index (κ2) is 9.94. The SMILES string of the molecule is Cc1ccc(C(N)N)cc1.NC(=O)CCCCC(N)=O. The number of amides is 2. The van der Waals surface area contributed by atoms with Gasteiger partial charge in [0.05, 0.1) is 6.17 Å². The molecule has 0 radical (unpaired) electrons. The molecule has 0 aliphatic rings. The maximum absolute atomic E-state index is 10.2. The molecule has 0 unspecified atom stereocenters. The first kappa shape index (κ1) is 18.1. The molecule has 6 heteroatoms. The van der Waals surface area contributed by atoms with E-state index in [1.807, 2.05) is 31.2 Å². The summed E-state index contributed by atoms with van der Waals surface area (Å²) >= 11 is 0. The lowest BCUT2D eigenvalue weighted by atomic mass is 10.1. The van der Waals surface area contributed by atoms with Gasteiger partial charge in [-0.25, -0.2) is 0 Å². The number of unbranched alkanes of at least 4 members (excludes halogenated alkanes) is 1. The fourth-order valence-corrected chi connectivity index (χ4v) is 1.39. The second-order valence-corrected chi connectivity index (χ2v) is 4.58. The van der Waals surface area contributed by atoms with Crippen molar-refractivity contribution in [3.05, 3.63) is 35.4 Å². The van der Waals surface area contributed by atoms with E-state index in [2.05, 4.69) is 0 Å². The van der Waals surface area contributed by atoms with Crippen molar-refractivity contribution in [1.29, 1.82) is 0 Å². The van der Waals surface area contributed by atoms with Crippen molar-refractivity contribution in [1.82, 2.24) is 0 Å². The predicted molar refractivity (Wildman–Crippen MR) is 79.2 cm³/mol. The summed E-state index contributed by atoms with van der Waals surface area (Å²) in [5, 5.41) is 0. The van der Waals surface area contributed by atoms with Gasteiger partial charge in [0.25, 0.3) is 0 Å². The zero-order valence-corrected chi connectivity index (χ0v) is 11.8. The Bertz CT molecular complexity index is 400. The molecule has 0 fully saturated rings. The van der Waals surface area contributed by atoms with Crippen molar-refractivity contribution in [2.75, 3.05) is 0 Å². The maximum atomic E-state index is 10.2. The first-order valence-corrected chi connectivity index (χ1v) is 6.47. The van der Waals surface area contributed by atoms with Gasteiger partial charge in [-0.05, 0) is 25.3 Å². The summed E-state index contributed by atoms with van der Waals surface area (Å²) < 4.78 is 0. The highest BCUT2D eigenvalue weighted by Gasteiger charge is 1.96. The Balaban J connectivity index is 0.000000361. The van der Waals surface area contributed by atoms with Crippen LogP contribution in [0.3, 0.4) is 0 Å². The molecule has 0 saturated carbocycles. The number of benzene rings is 1. The fourth-order valence-electron chi connectivity index (χ4n) is 1.39. The molecule has 0 aliphatic heterocycles. The average Bonchev–Trinajstić information content (AvgIpc) is 2.35. The summed E-state index contributed by atoms with van der Waals surface area (Å²) in [6.07, 6.45) is 1.64. The largest absolute Gasteiger partial charge is 0.370 e. The number of carbonyl (C=O) groups is 2. The van der Waals surface area contributed by atoms with E-state index in [1.165, 1.54) is 5.56 Å². The van der Waals surface area contributed by atoms with Crippen molar-refractivity contribution in [3.63, 3.8) is 0 Å². The number of nitrogens with two attached hydrogens (primary N) is 4. The highest BCUT2D eigenvalue weighted by atomic mass is 16.1. The zero-order valence-electron chi connectivity index (χ0n) is 11.8. The van der Waals surface area contributed by atoms with E-state index >= 15 is 0 Å². The molecule has 0 atom stereocenters. The van der Waals surface area contributed by atoms with E-state index in [0.29, 0.717) is 25.7 Å². The Hall–Kier alpha value is -1.92. The third-order valence-corrected chi connectivity index (χ3v) is 2.56. The van der Waals surface area contributed by atoms with Gasteiger partial charge in [0.15, 0.2) is 0 Å². The van der Waals surface area contributed by atoms with Gasteiger partial charge in [0.1, 0.15) is 0 Å². The first-order chi connectivity index (χ1) is 9.32. The van der Waals surface area contributed by atoms with Crippen molar-refractivity contribution in [3.8, 4) is 0 Å². The van der Waals surface area contributed by atoms with Crippen LogP contribution < -0.4 is 22.9 Å². The summed E-state index contributed by atoms with van der Waals surface area (Å²) in [7, 11) is 0. The van der Waals surface area contributed by atoms with E-state index < -0.39 is 0 Å². The highest BCUT2D eigenvalue weighted by Crippen LogP contribution is 2.05. The van der Waals surface area contributed by atoms with Crippen molar-refractivity contribution in [2.45, 2.75) is 38.8 Å². The number of primary amides is 2. The minimum atomic E-state index is -0.347. The number of aryl methyl sites for hydroxylation is 1. The minimum absolute atomic E-state index is 0.329. The summed E-state index contributed by atoms with van der Waals surface area (Å²) in [5.74, 6) is -0.658. The molecule has 6 nitrogen and oxygen atoms in total. The van der Waals surface area contributed by atoms with Gasteiger partial charge in [0.2, 0.25) is 11.8 Å². The Morgan fingerprint density at radius 1 is 0.950 bits per heavy atom. The van der Waals surface area contributed by atoms with E-state index in [4.69, 9.17) is 22.9 Å². The van der Waals surface area contributed by atoms with Gasteiger partial charge >= 0.3 is 0 Å². The molecular weight excluding hydrogens is 256 g/mol. The monoisotopic (exact) mass is 280 g/mol. The molecule has 112 valence electrons. The van der Waals surface area contributed by atoms with Crippen LogP contribution in [-0.4, -0.2) is 11.8 Å². The van der Waals surface area contributed by atoms with Crippen LogP contribution in [0.15, 0.2) is 24.3 Å². The van der Waals surface area contributed by atoms with Gasteiger partial charge in [-0.15, -0.1) is 0 Å². The van der Waals surface area contributed by atoms with Crippen LogP contribution in [-0.2, 0) is 9.59 Å². The minimum Gasteiger partial charge on any atom is -0.370 e. The lowest BCUT2D eigenvalue weighted by Crippen LogP contribution is -2.19. The predicted octanol–water partition coefficient (Wildman–Crippen LogP) is 0.428. The Morgan fingerprint density at radius 2 is 1.35 bits per heavy atom. The van der Waals surface area contributed by atoms with Crippen LogP contribution in [0.25, 0.3) is 0 Å². The molecule has 1 aromatic carbocycles. The van der Waals surface area contributed by atoms with Gasteiger partial charge in [-0.2, -0.15) is 0 Å². The van der Waals surface area contributed by atoms with Crippen LogP contribution >= 0.6 is 0 Å². The standard InChI is InChI=1S/C8H12N2.C6H12N2O2/c1-6-2-4-7(5-3-6)8(9)10;7-5(9)3-1-2-4-6(8)10/h2-5,8H,9-10H2,1H3;1-4H2,(H2,7,9)(H2,8,10). The molecular formula is C14H24N4O2. The Morgan fingerprint density at radius 3 is 1.65 bits per heavy atom. The fraction of sp³-hybridized carbons (Fsp3) is 0.429. The topological polar surface area (TPSA) is 138 Å². The van der Waals surface area contributed by atoms with Crippen LogP contribution in [0, 0.1) is 6.92 Å². The molecule has 1 rings (SSSR count). The molecule has 20 heavy (non-hydrogen) atoms. The lowest BCUT2D eigenvalue weighted by molar-refractivity contribution is -0.119. The highest BCUT2D eigenvalue weighted by molar-refractivity contribution is 5.74. The number of rotatable bonds is 6. The molecule has 8 N–H and O–H groups in total. The van der Waals surface area contributed by atoms with Crippen molar-refractivity contribution >= 4 is 11.8 Å². The Kier molecular flexibility index (Phi) is 8.98. The Labute approximate surface area is 119 Å². The zero-order chi connectivity index (χ0) is 15.5. The quantitative estimate of drug-likeness (QED) is 0.443. The lowest BCUT2D eigenvalue weighted by Gasteiger charge is -2.04. The third kappa shape index (κ3) is 10.0. The first-order valence-electron chi connectivity index (χ1n) is 6.47. The summed E-state index contributed by atoms with van der Waals surface area (Å²) in [6.45, 7) is 2.03. The van der Waals surface area contributed by atoms with Gasteiger partial charge in [0, 0.05) is 12.8 Å². The molecule has 0 heterocycles. The van der Waals surface area contributed by atoms with Gasteiger partial charge in [-0.3, -0.25) is 9.59 Å². The van der Waals surface area contributed by atoms with Gasteiger partial charge < -0.3 is 22.9 Å². The molecule has 0 saturated heterocycles. The number of carbonyl (C=O) groups excluding carboxylic acids is 2. The van der Waals surface area contributed by atoms with E-state index in [0.717, 1.165) is 5.56 Å². The van der Waals surface area contributed by atoms with E-state index in [9.17, 15) is 9.59 Å². The van der Waals surface area contributed by atoms with Crippen molar-refractivity contribution in [2.24, 2.45) is 22.9 Å². The molecule has 0 bridgehead atoms. The number of hydrogen-bond donors (Lipinski definition) is 4. The summed E-state index contributed by atoms with van der Waals surface area (Å²) in [5.41, 5.74) is 22.8. The molecule has 1 aromatic rings. The van der Waals surface area contributed by atoms with Crippen LogP contribution in [0.2, 0.25) is 0 Å². The van der Waals surface area contributed by atoms with Crippen LogP contribution in [0.1, 0.15) is 43.0 Å². The second-order valence-electron chi connectivity index (χ2n) is 4.58. The van der Waals surface area contributed by atoms with Crippen LogP contribution in [0.5, 0.6) is 0 Å². The van der Waals surface area contributed by atoms with E-state index in [1.54, 1.807) is 0 Å². The summed E-state index contributed by atoms with van der Waals surface area (Å²) in [4.78, 5) is 20.3. The molecule has 0 spiro atoms. The van der Waals surface area contributed by atoms with Crippen LogP contribution in [0.4, 0.5) is 0 Å². The van der Waals surface area contributed by atoms with Crippen molar-refractivity contribution < 1.29 is 9.59 Å². The maximum Gasteiger partial charge on any atom is 0.217 e. The average molecular weight is 280 g/mol. The summed E-state index contributed by atoms with van der Waals surface area (Å²) in [6, 6.07) is 7.89. The van der Waals surface area contributed by atoms with E-state index in [-0.39, 0.29) is 18.0 Å². The molecule has 0 aliphatic carbocycles. The van der Waals surface area contributed by atoms with Gasteiger partial charge in [-0.1, -0.05) is 29.8 Å². The normalized spacial score (nSPS) is 9.80. The third-order valence-electron chi connectivity index (χ3n) is 2.56. The number of hydrogen-bond acceptors (Lipinski definition) is 4.